The molecule has 1 heterocycles. The van der Waals surface area contributed by atoms with Crippen LogP contribution in [0.15, 0.2) is 59.2 Å². The lowest BCUT2D eigenvalue weighted by atomic mass is 10.1. The largest absolute Gasteiger partial charge is 0.436 e. The molecular formula is C15H9BrFNO. The van der Waals surface area contributed by atoms with Gasteiger partial charge >= 0.3 is 0 Å². The molecule has 0 unspecified atom stereocenters. The number of rotatable bonds is 2. The maximum absolute atomic E-state index is 13.7. The van der Waals surface area contributed by atoms with E-state index in [2.05, 4.69) is 20.9 Å². The first-order valence-corrected chi connectivity index (χ1v) is 6.50. The van der Waals surface area contributed by atoms with Crippen LogP contribution in [0.4, 0.5) is 4.39 Å². The Hall–Kier alpha value is -1.94. The van der Waals surface area contributed by atoms with Crippen molar-refractivity contribution in [2.45, 2.75) is 0 Å². The zero-order valence-corrected chi connectivity index (χ0v) is 11.4. The predicted molar refractivity (Wildman–Crippen MR) is 75.9 cm³/mol. The van der Waals surface area contributed by atoms with Gasteiger partial charge in [-0.1, -0.05) is 36.4 Å². The first-order chi connectivity index (χ1) is 9.24. The van der Waals surface area contributed by atoms with Crippen molar-refractivity contribution in [1.29, 1.82) is 0 Å². The number of fused-ring (bicyclic) bond motifs is 1. The minimum atomic E-state index is -0.498. The number of benzene rings is 2. The number of ether oxygens (including phenoxy) is 1. The van der Waals surface area contributed by atoms with E-state index in [4.69, 9.17) is 4.74 Å². The van der Waals surface area contributed by atoms with Gasteiger partial charge in [-0.05, 0) is 33.4 Å². The third kappa shape index (κ3) is 2.44. The van der Waals surface area contributed by atoms with Crippen molar-refractivity contribution in [1.82, 2.24) is 4.98 Å². The molecule has 0 saturated heterocycles. The summed E-state index contributed by atoms with van der Waals surface area (Å²) in [7, 11) is 0. The van der Waals surface area contributed by atoms with Gasteiger partial charge in [0.05, 0.1) is 0 Å². The van der Waals surface area contributed by atoms with E-state index in [9.17, 15) is 4.39 Å². The lowest BCUT2D eigenvalue weighted by Gasteiger charge is -2.08. The zero-order chi connectivity index (χ0) is 13.2. The summed E-state index contributed by atoms with van der Waals surface area (Å²) in [5.41, 5.74) is 0. The van der Waals surface area contributed by atoms with Crippen LogP contribution in [0.25, 0.3) is 10.8 Å². The Balaban J connectivity index is 2.06. The molecule has 0 aliphatic heterocycles. The third-order valence-electron chi connectivity index (χ3n) is 2.73. The number of hydrogen-bond acceptors (Lipinski definition) is 2. The van der Waals surface area contributed by atoms with Crippen molar-refractivity contribution in [3.63, 3.8) is 0 Å². The van der Waals surface area contributed by atoms with Crippen LogP contribution in [0, 0.1) is 5.82 Å². The molecule has 0 fully saturated rings. The number of pyridine rings is 1. The van der Waals surface area contributed by atoms with E-state index >= 15 is 0 Å². The van der Waals surface area contributed by atoms with Crippen molar-refractivity contribution in [3.05, 3.63) is 65.0 Å². The highest BCUT2D eigenvalue weighted by Crippen LogP contribution is 2.30. The van der Waals surface area contributed by atoms with Crippen LogP contribution in [-0.4, -0.2) is 4.98 Å². The van der Waals surface area contributed by atoms with Crippen LogP contribution >= 0.6 is 15.9 Å². The maximum atomic E-state index is 13.7. The molecule has 3 aromatic rings. The summed E-state index contributed by atoms with van der Waals surface area (Å²) in [6.45, 7) is 0. The average Bonchev–Trinajstić information content (AvgIpc) is 2.42. The summed E-state index contributed by atoms with van der Waals surface area (Å²) in [4.78, 5) is 3.94. The summed E-state index contributed by atoms with van der Waals surface area (Å²) in [5.74, 6) is 0.0636. The Kier molecular flexibility index (Phi) is 3.17. The molecule has 0 aliphatic carbocycles. The van der Waals surface area contributed by atoms with E-state index in [1.165, 1.54) is 12.3 Å². The summed E-state index contributed by atoms with van der Waals surface area (Å²) < 4.78 is 19.9. The molecule has 0 radical (unpaired) electrons. The van der Waals surface area contributed by atoms with Gasteiger partial charge in [-0.25, -0.2) is 9.37 Å². The summed E-state index contributed by atoms with van der Waals surface area (Å²) >= 11 is 3.16. The van der Waals surface area contributed by atoms with Gasteiger partial charge in [0, 0.05) is 16.1 Å². The Morgan fingerprint density at radius 3 is 2.68 bits per heavy atom. The Labute approximate surface area is 118 Å². The normalized spacial score (nSPS) is 10.6. The quantitative estimate of drug-likeness (QED) is 0.668. The Morgan fingerprint density at radius 2 is 1.84 bits per heavy atom. The minimum Gasteiger partial charge on any atom is -0.436 e. The van der Waals surface area contributed by atoms with Crippen LogP contribution in [0.1, 0.15) is 0 Å². The molecule has 0 N–H and O–H groups in total. The summed E-state index contributed by atoms with van der Waals surface area (Å²) in [5, 5.41) is 1.96. The molecule has 0 bridgehead atoms. The molecular weight excluding hydrogens is 309 g/mol. The van der Waals surface area contributed by atoms with Gasteiger partial charge in [-0.3, -0.25) is 0 Å². The lowest BCUT2D eigenvalue weighted by molar-refractivity contribution is 0.426. The van der Waals surface area contributed by atoms with E-state index in [-0.39, 0.29) is 5.88 Å². The molecule has 2 nitrogen and oxygen atoms in total. The second-order valence-electron chi connectivity index (χ2n) is 4.02. The van der Waals surface area contributed by atoms with Gasteiger partial charge in [0.2, 0.25) is 0 Å². The summed E-state index contributed by atoms with van der Waals surface area (Å²) in [6.07, 6.45) is 1.50. The van der Waals surface area contributed by atoms with Crippen molar-refractivity contribution in [2.75, 3.05) is 0 Å². The van der Waals surface area contributed by atoms with Crippen LogP contribution in [0.5, 0.6) is 11.6 Å². The molecule has 2 aromatic carbocycles. The molecule has 0 amide bonds. The number of hydrogen-bond donors (Lipinski definition) is 0. The molecule has 94 valence electrons. The molecule has 0 atom stereocenters. The standard InChI is InChI=1S/C15H9BrFNO/c16-11-8-13(17)15(18-9-11)19-14-7-3-5-10-4-1-2-6-12(10)14/h1-9H. The Morgan fingerprint density at radius 1 is 1.05 bits per heavy atom. The fraction of sp³-hybridized carbons (Fsp3) is 0. The topological polar surface area (TPSA) is 22.1 Å². The Bertz CT molecular complexity index is 740. The first-order valence-electron chi connectivity index (χ1n) is 5.71. The van der Waals surface area contributed by atoms with E-state index in [1.807, 2.05) is 36.4 Å². The second-order valence-corrected chi connectivity index (χ2v) is 4.94. The van der Waals surface area contributed by atoms with Crippen molar-refractivity contribution in [3.8, 4) is 11.6 Å². The number of nitrogens with zero attached hydrogens (tertiary/aromatic N) is 1. The summed E-state index contributed by atoms with van der Waals surface area (Å²) in [6, 6.07) is 14.8. The highest BCUT2D eigenvalue weighted by atomic mass is 79.9. The highest BCUT2D eigenvalue weighted by molar-refractivity contribution is 9.10. The van der Waals surface area contributed by atoms with E-state index in [0.717, 1.165) is 10.8 Å². The highest BCUT2D eigenvalue weighted by Gasteiger charge is 2.09. The minimum absolute atomic E-state index is 0.0282. The fourth-order valence-electron chi connectivity index (χ4n) is 1.87. The van der Waals surface area contributed by atoms with E-state index in [1.54, 1.807) is 6.07 Å². The monoisotopic (exact) mass is 317 g/mol. The molecule has 19 heavy (non-hydrogen) atoms. The molecule has 0 saturated carbocycles. The van der Waals surface area contributed by atoms with Gasteiger partial charge in [-0.2, -0.15) is 0 Å². The average molecular weight is 318 g/mol. The molecule has 3 rings (SSSR count). The van der Waals surface area contributed by atoms with E-state index in [0.29, 0.717) is 10.2 Å². The smallest absolute Gasteiger partial charge is 0.255 e. The van der Waals surface area contributed by atoms with Gasteiger partial charge in [0.15, 0.2) is 5.82 Å². The molecule has 4 heteroatoms. The number of aromatic nitrogens is 1. The number of halogens is 2. The maximum Gasteiger partial charge on any atom is 0.255 e. The lowest BCUT2D eigenvalue weighted by Crippen LogP contribution is -1.92. The van der Waals surface area contributed by atoms with Gasteiger partial charge in [0.25, 0.3) is 5.88 Å². The second kappa shape index (κ2) is 4.97. The van der Waals surface area contributed by atoms with Crippen molar-refractivity contribution < 1.29 is 9.13 Å². The van der Waals surface area contributed by atoms with Crippen LogP contribution in [-0.2, 0) is 0 Å². The van der Waals surface area contributed by atoms with Gasteiger partial charge in [-0.15, -0.1) is 0 Å². The van der Waals surface area contributed by atoms with Crippen molar-refractivity contribution in [2.24, 2.45) is 0 Å². The van der Waals surface area contributed by atoms with Crippen LogP contribution in [0.3, 0.4) is 0 Å². The fourth-order valence-corrected chi connectivity index (χ4v) is 2.17. The van der Waals surface area contributed by atoms with Crippen LogP contribution < -0.4 is 4.74 Å². The van der Waals surface area contributed by atoms with Crippen LogP contribution in [0.2, 0.25) is 0 Å². The van der Waals surface area contributed by atoms with Crippen molar-refractivity contribution >= 4 is 26.7 Å². The van der Waals surface area contributed by atoms with E-state index < -0.39 is 5.82 Å². The SMILES string of the molecule is Fc1cc(Br)cnc1Oc1cccc2ccccc12. The van der Waals surface area contributed by atoms with Gasteiger partial charge < -0.3 is 4.74 Å². The predicted octanol–water partition coefficient (Wildman–Crippen LogP) is 4.93. The zero-order valence-electron chi connectivity index (χ0n) is 9.81. The first kappa shape index (κ1) is 12.1. The molecule has 0 spiro atoms. The van der Waals surface area contributed by atoms with Gasteiger partial charge in [0.1, 0.15) is 5.75 Å². The molecule has 0 aliphatic rings. The molecule has 1 aromatic heterocycles. The third-order valence-corrected chi connectivity index (χ3v) is 3.16.